The Morgan fingerprint density at radius 3 is 2.54 bits per heavy atom. The predicted molar refractivity (Wildman–Crippen MR) is 61.6 cm³/mol. The third kappa shape index (κ3) is 3.88. The fourth-order valence-electron chi connectivity index (χ4n) is 2.06. The highest BCUT2D eigenvalue weighted by Gasteiger charge is 2.18. The molecule has 1 N–H and O–H groups in total. The molecule has 78 valence electrons. The SMILES string of the molecule is CCCN(CCS)C1CCNCC1. The minimum atomic E-state index is 0.813. The molecule has 1 aliphatic rings. The van der Waals surface area contributed by atoms with Gasteiger partial charge >= 0.3 is 0 Å². The lowest BCUT2D eigenvalue weighted by molar-refractivity contribution is 0.172. The minimum Gasteiger partial charge on any atom is -0.317 e. The summed E-state index contributed by atoms with van der Waals surface area (Å²) in [5.74, 6) is 0.990. The van der Waals surface area contributed by atoms with Crippen molar-refractivity contribution in [2.45, 2.75) is 32.2 Å². The van der Waals surface area contributed by atoms with E-state index in [1.165, 1.54) is 38.9 Å². The van der Waals surface area contributed by atoms with E-state index in [0.717, 1.165) is 18.3 Å². The third-order valence-electron chi connectivity index (χ3n) is 2.72. The van der Waals surface area contributed by atoms with Crippen molar-refractivity contribution in [2.24, 2.45) is 0 Å². The van der Waals surface area contributed by atoms with Gasteiger partial charge in [0.2, 0.25) is 0 Å². The zero-order valence-corrected chi connectivity index (χ0v) is 9.52. The summed E-state index contributed by atoms with van der Waals surface area (Å²) in [6.45, 7) is 7.04. The second-order valence-electron chi connectivity index (χ2n) is 3.74. The van der Waals surface area contributed by atoms with Crippen LogP contribution in [0.2, 0.25) is 0 Å². The number of thiol groups is 1. The minimum absolute atomic E-state index is 0.813. The van der Waals surface area contributed by atoms with Crippen LogP contribution in [0.25, 0.3) is 0 Å². The molecule has 0 bridgehead atoms. The largest absolute Gasteiger partial charge is 0.317 e. The molecule has 1 heterocycles. The van der Waals surface area contributed by atoms with Crippen molar-refractivity contribution in [3.63, 3.8) is 0 Å². The molecule has 0 aliphatic carbocycles. The molecule has 0 unspecified atom stereocenters. The first kappa shape index (κ1) is 11.3. The highest BCUT2D eigenvalue weighted by atomic mass is 32.1. The molecule has 2 nitrogen and oxygen atoms in total. The van der Waals surface area contributed by atoms with Gasteiger partial charge in [0, 0.05) is 18.3 Å². The van der Waals surface area contributed by atoms with Crippen LogP contribution in [0.1, 0.15) is 26.2 Å². The van der Waals surface area contributed by atoms with Gasteiger partial charge in [-0.25, -0.2) is 0 Å². The quantitative estimate of drug-likeness (QED) is 0.655. The maximum Gasteiger partial charge on any atom is 0.0120 e. The third-order valence-corrected chi connectivity index (χ3v) is 2.92. The summed E-state index contributed by atoms with van der Waals surface area (Å²) in [5.41, 5.74) is 0. The molecule has 0 spiro atoms. The lowest BCUT2D eigenvalue weighted by Crippen LogP contribution is -2.44. The fraction of sp³-hybridized carbons (Fsp3) is 1.00. The van der Waals surface area contributed by atoms with Crippen molar-refractivity contribution < 1.29 is 0 Å². The molecule has 0 saturated carbocycles. The van der Waals surface area contributed by atoms with Gasteiger partial charge in [0.05, 0.1) is 0 Å². The average molecular weight is 202 g/mol. The van der Waals surface area contributed by atoms with Crippen molar-refractivity contribution in [1.29, 1.82) is 0 Å². The van der Waals surface area contributed by atoms with E-state index in [1.54, 1.807) is 0 Å². The summed E-state index contributed by atoms with van der Waals surface area (Å²) in [6.07, 6.45) is 3.89. The monoisotopic (exact) mass is 202 g/mol. The molecular weight excluding hydrogens is 180 g/mol. The molecule has 1 fully saturated rings. The zero-order valence-electron chi connectivity index (χ0n) is 8.63. The van der Waals surface area contributed by atoms with Gasteiger partial charge in [-0.3, -0.25) is 4.90 Å². The van der Waals surface area contributed by atoms with Crippen LogP contribution in [0.3, 0.4) is 0 Å². The summed E-state index contributed by atoms with van der Waals surface area (Å²) in [4.78, 5) is 2.60. The van der Waals surface area contributed by atoms with Crippen molar-refractivity contribution >= 4 is 12.6 Å². The van der Waals surface area contributed by atoms with Gasteiger partial charge in [0.25, 0.3) is 0 Å². The normalized spacial score (nSPS) is 19.6. The number of piperidine rings is 1. The molecule has 13 heavy (non-hydrogen) atoms. The number of nitrogens with zero attached hydrogens (tertiary/aromatic N) is 1. The average Bonchev–Trinajstić information content (AvgIpc) is 2.19. The van der Waals surface area contributed by atoms with Gasteiger partial charge in [0.1, 0.15) is 0 Å². The van der Waals surface area contributed by atoms with E-state index in [0.29, 0.717) is 0 Å². The molecule has 0 atom stereocenters. The van der Waals surface area contributed by atoms with Crippen molar-refractivity contribution in [3.8, 4) is 0 Å². The second kappa shape index (κ2) is 6.68. The van der Waals surface area contributed by atoms with Gasteiger partial charge in [-0.1, -0.05) is 6.92 Å². The zero-order chi connectivity index (χ0) is 9.52. The van der Waals surface area contributed by atoms with Gasteiger partial charge in [0.15, 0.2) is 0 Å². The number of hydrogen-bond acceptors (Lipinski definition) is 3. The Kier molecular flexibility index (Phi) is 5.83. The van der Waals surface area contributed by atoms with Crippen LogP contribution < -0.4 is 5.32 Å². The molecule has 1 rings (SSSR count). The second-order valence-corrected chi connectivity index (χ2v) is 4.19. The van der Waals surface area contributed by atoms with Crippen LogP contribution in [0.4, 0.5) is 0 Å². The van der Waals surface area contributed by atoms with Crippen LogP contribution in [0.15, 0.2) is 0 Å². The molecule has 0 radical (unpaired) electrons. The van der Waals surface area contributed by atoms with Crippen LogP contribution in [-0.2, 0) is 0 Å². The molecule has 1 saturated heterocycles. The van der Waals surface area contributed by atoms with Crippen molar-refractivity contribution in [2.75, 3.05) is 31.9 Å². The first-order chi connectivity index (χ1) is 6.38. The van der Waals surface area contributed by atoms with Gasteiger partial charge in [-0.2, -0.15) is 12.6 Å². The lowest BCUT2D eigenvalue weighted by atomic mass is 10.0. The van der Waals surface area contributed by atoms with E-state index in [4.69, 9.17) is 0 Å². The molecule has 0 aromatic heterocycles. The Morgan fingerprint density at radius 1 is 1.31 bits per heavy atom. The Hall–Kier alpha value is 0.270. The summed E-state index contributed by atoms with van der Waals surface area (Å²) in [6, 6.07) is 0.813. The van der Waals surface area contributed by atoms with E-state index in [1.807, 2.05) is 0 Å². The predicted octanol–water partition coefficient (Wildman–Crippen LogP) is 1.38. The summed E-state index contributed by atoms with van der Waals surface area (Å²) < 4.78 is 0. The van der Waals surface area contributed by atoms with E-state index >= 15 is 0 Å². The first-order valence-corrected chi connectivity index (χ1v) is 6.07. The van der Waals surface area contributed by atoms with Crippen LogP contribution in [-0.4, -0.2) is 42.9 Å². The van der Waals surface area contributed by atoms with Crippen LogP contribution >= 0.6 is 12.6 Å². The van der Waals surface area contributed by atoms with E-state index in [-0.39, 0.29) is 0 Å². The number of nitrogens with one attached hydrogen (secondary N) is 1. The summed E-state index contributed by atoms with van der Waals surface area (Å²) >= 11 is 4.32. The van der Waals surface area contributed by atoms with Crippen LogP contribution in [0.5, 0.6) is 0 Å². The van der Waals surface area contributed by atoms with Crippen molar-refractivity contribution in [1.82, 2.24) is 10.2 Å². The molecule has 0 aromatic rings. The molecule has 0 aromatic carbocycles. The Labute approximate surface area is 87.5 Å². The Bertz CT molecular complexity index is 118. The summed E-state index contributed by atoms with van der Waals surface area (Å²) in [7, 11) is 0. The standard InChI is InChI=1S/C10H22N2S/c1-2-7-12(8-9-13)10-3-5-11-6-4-10/h10-11,13H,2-9H2,1H3. The highest BCUT2D eigenvalue weighted by Crippen LogP contribution is 2.12. The number of hydrogen-bond donors (Lipinski definition) is 2. The van der Waals surface area contributed by atoms with Gasteiger partial charge < -0.3 is 5.32 Å². The molecule has 3 heteroatoms. The van der Waals surface area contributed by atoms with E-state index in [2.05, 4.69) is 29.8 Å². The molecular formula is C10H22N2S. The van der Waals surface area contributed by atoms with E-state index in [9.17, 15) is 0 Å². The molecule has 1 aliphatic heterocycles. The first-order valence-electron chi connectivity index (χ1n) is 5.44. The Morgan fingerprint density at radius 2 is 2.00 bits per heavy atom. The smallest absolute Gasteiger partial charge is 0.0120 e. The summed E-state index contributed by atoms with van der Waals surface area (Å²) in [5, 5.41) is 3.41. The number of rotatable bonds is 5. The Balaban J connectivity index is 2.32. The van der Waals surface area contributed by atoms with Gasteiger partial charge in [-0.05, 0) is 38.9 Å². The lowest BCUT2D eigenvalue weighted by Gasteiger charge is -2.34. The van der Waals surface area contributed by atoms with Crippen LogP contribution in [0, 0.1) is 0 Å². The van der Waals surface area contributed by atoms with E-state index < -0.39 is 0 Å². The molecule has 0 amide bonds. The maximum absolute atomic E-state index is 4.32. The van der Waals surface area contributed by atoms with Gasteiger partial charge in [-0.15, -0.1) is 0 Å². The van der Waals surface area contributed by atoms with Crippen molar-refractivity contribution in [3.05, 3.63) is 0 Å². The highest BCUT2D eigenvalue weighted by molar-refractivity contribution is 7.80. The maximum atomic E-state index is 4.32. The fourth-order valence-corrected chi connectivity index (χ4v) is 2.32. The topological polar surface area (TPSA) is 15.3 Å².